The molecule has 1 aliphatic carbocycles. The molecule has 1 heterocycles. The molecule has 106 valence electrons. The van der Waals surface area contributed by atoms with E-state index in [0.717, 1.165) is 12.4 Å². The van der Waals surface area contributed by atoms with Gasteiger partial charge in [-0.05, 0) is 31.4 Å². The van der Waals surface area contributed by atoms with Gasteiger partial charge in [-0.3, -0.25) is 0 Å². The van der Waals surface area contributed by atoms with Gasteiger partial charge in [0.15, 0.2) is 0 Å². The molecule has 0 spiro atoms. The molecule has 1 aliphatic rings. The largest absolute Gasteiger partial charge is 0.481 e. The first-order valence-electron chi connectivity index (χ1n) is 7.59. The second kappa shape index (κ2) is 7.49. The minimum atomic E-state index is 0.381. The third-order valence-corrected chi connectivity index (χ3v) is 4.12. The van der Waals surface area contributed by atoms with Crippen molar-refractivity contribution in [3.8, 4) is 5.88 Å². The van der Waals surface area contributed by atoms with Crippen LogP contribution in [0.4, 0.5) is 0 Å². The highest BCUT2D eigenvalue weighted by molar-refractivity contribution is 5.29. The molecule has 0 amide bonds. The lowest BCUT2D eigenvalue weighted by Crippen LogP contribution is -2.28. The third-order valence-electron chi connectivity index (χ3n) is 4.12. The van der Waals surface area contributed by atoms with Gasteiger partial charge in [-0.2, -0.15) is 0 Å². The van der Waals surface area contributed by atoms with Crippen molar-refractivity contribution in [2.75, 3.05) is 13.7 Å². The van der Waals surface area contributed by atoms with E-state index in [1.807, 2.05) is 6.07 Å². The molecule has 2 rings (SSSR count). The molecular weight excluding hydrogens is 236 g/mol. The van der Waals surface area contributed by atoms with Crippen LogP contribution in [0.5, 0.6) is 5.88 Å². The Morgan fingerprint density at radius 3 is 2.68 bits per heavy atom. The summed E-state index contributed by atoms with van der Waals surface area (Å²) in [6.07, 6.45) is 9.92. The second-order valence-corrected chi connectivity index (χ2v) is 5.39. The average molecular weight is 262 g/mol. The SMILES string of the molecule is CCNC(c1cccnc1OC)C1CCCCCC1. The predicted octanol–water partition coefficient (Wildman–Crippen LogP) is 3.71. The molecule has 1 N–H and O–H groups in total. The van der Waals surface area contributed by atoms with E-state index in [9.17, 15) is 0 Å². The Balaban J connectivity index is 2.22. The predicted molar refractivity (Wildman–Crippen MR) is 78.4 cm³/mol. The van der Waals surface area contributed by atoms with Crippen molar-refractivity contribution in [2.45, 2.75) is 51.5 Å². The van der Waals surface area contributed by atoms with Crippen molar-refractivity contribution in [1.82, 2.24) is 10.3 Å². The lowest BCUT2D eigenvalue weighted by molar-refractivity contribution is 0.312. The summed E-state index contributed by atoms with van der Waals surface area (Å²) in [6, 6.07) is 4.55. The number of nitrogens with one attached hydrogen (secondary N) is 1. The van der Waals surface area contributed by atoms with Crippen molar-refractivity contribution < 1.29 is 4.74 Å². The molecular formula is C16H26N2O. The van der Waals surface area contributed by atoms with Crippen LogP contribution in [0.3, 0.4) is 0 Å². The number of ether oxygens (including phenoxy) is 1. The van der Waals surface area contributed by atoms with Crippen molar-refractivity contribution >= 4 is 0 Å². The molecule has 0 bridgehead atoms. The third kappa shape index (κ3) is 3.69. The lowest BCUT2D eigenvalue weighted by Gasteiger charge is -2.28. The fourth-order valence-corrected chi connectivity index (χ4v) is 3.21. The number of rotatable bonds is 5. The summed E-state index contributed by atoms with van der Waals surface area (Å²) in [4.78, 5) is 4.36. The van der Waals surface area contributed by atoms with Crippen LogP contribution in [0.2, 0.25) is 0 Å². The van der Waals surface area contributed by atoms with Gasteiger partial charge in [0.25, 0.3) is 0 Å². The molecule has 0 aromatic carbocycles. The van der Waals surface area contributed by atoms with Gasteiger partial charge in [0.1, 0.15) is 0 Å². The van der Waals surface area contributed by atoms with Crippen LogP contribution in [0.25, 0.3) is 0 Å². The Kier molecular flexibility index (Phi) is 5.64. The topological polar surface area (TPSA) is 34.2 Å². The van der Waals surface area contributed by atoms with Crippen molar-refractivity contribution in [2.24, 2.45) is 5.92 Å². The van der Waals surface area contributed by atoms with E-state index in [1.54, 1.807) is 13.3 Å². The first-order valence-corrected chi connectivity index (χ1v) is 7.59. The Labute approximate surface area is 116 Å². The summed E-state index contributed by atoms with van der Waals surface area (Å²) in [5.41, 5.74) is 1.22. The van der Waals surface area contributed by atoms with Crippen molar-refractivity contribution in [1.29, 1.82) is 0 Å². The fraction of sp³-hybridized carbons (Fsp3) is 0.688. The van der Waals surface area contributed by atoms with E-state index < -0.39 is 0 Å². The van der Waals surface area contributed by atoms with E-state index in [0.29, 0.717) is 12.0 Å². The number of hydrogen-bond acceptors (Lipinski definition) is 3. The molecule has 3 heteroatoms. The van der Waals surface area contributed by atoms with Crippen LogP contribution in [-0.4, -0.2) is 18.6 Å². The molecule has 19 heavy (non-hydrogen) atoms. The smallest absolute Gasteiger partial charge is 0.217 e. The Hall–Kier alpha value is -1.09. The summed E-state index contributed by atoms with van der Waals surface area (Å²) >= 11 is 0. The number of nitrogens with zero attached hydrogens (tertiary/aromatic N) is 1. The number of hydrogen-bond donors (Lipinski definition) is 1. The van der Waals surface area contributed by atoms with E-state index in [4.69, 9.17) is 4.74 Å². The summed E-state index contributed by atoms with van der Waals surface area (Å²) < 4.78 is 5.44. The van der Waals surface area contributed by atoms with Crippen molar-refractivity contribution in [3.05, 3.63) is 23.9 Å². The quantitative estimate of drug-likeness (QED) is 0.821. The van der Waals surface area contributed by atoms with Gasteiger partial charge < -0.3 is 10.1 Å². The molecule has 1 aromatic heterocycles. The maximum atomic E-state index is 5.44. The number of aromatic nitrogens is 1. The Morgan fingerprint density at radius 1 is 1.32 bits per heavy atom. The highest BCUT2D eigenvalue weighted by Gasteiger charge is 2.26. The van der Waals surface area contributed by atoms with Gasteiger partial charge in [0.2, 0.25) is 5.88 Å². The number of methoxy groups -OCH3 is 1. The van der Waals surface area contributed by atoms with Crippen LogP contribution in [0, 0.1) is 5.92 Å². The fourth-order valence-electron chi connectivity index (χ4n) is 3.21. The molecule has 1 unspecified atom stereocenters. The molecule has 1 atom stereocenters. The minimum Gasteiger partial charge on any atom is -0.481 e. The van der Waals surface area contributed by atoms with Crippen LogP contribution < -0.4 is 10.1 Å². The first kappa shape index (κ1) is 14.3. The molecule has 0 aliphatic heterocycles. The van der Waals surface area contributed by atoms with E-state index in [-0.39, 0.29) is 0 Å². The van der Waals surface area contributed by atoms with Gasteiger partial charge in [0.05, 0.1) is 7.11 Å². The maximum absolute atomic E-state index is 5.44. The zero-order chi connectivity index (χ0) is 13.5. The molecule has 1 aromatic rings. The molecule has 0 radical (unpaired) electrons. The zero-order valence-corrected chi connectivity index (χ0v) is 12.2. The summed E-state index contributed by atoms with van der Waals surface area (Å²) in [5.74, 6) is 1.48. The van der Waals surface area contributed by atoms with Crippen LogP contribution >= 0.6 is 0 Å². The van der Waals surface area contributed by atoms with Gasteiger partial charge in [-0.15, -0.1) is 0 Å². The van der Waals surface area contributed by atoms with Gasteiger partial charge in [-0.1, -0.05) is 38.7 Å². The lowest BCUT2D eigenvalue weighted by atomic mass is 9.87. The summed E-state index contributed by atoms with van der Waals surface area (Å²) in [6.45, 7) is 3.16. The minimum absolute atomic E-state index is 0.381. The highest BCUT2D eigenvalue weighted by Crippen LogP contribution is 2.36. The average Bonchev–Trinajstić information content (AvgIpc) is 2.74. The van der Waals surface area contributed by atoms with E-state index in [2.05, 4.69) is 23.3 Å². The van der Waals surface area contributed by atoms with Gasteiger partial charge >= 0.3 is 0 Å². The van der Waals surface area contributed by atoms with Gasteiger partial charge in [0, 0.05) is 17.8 Å². The summed E-state index contributed by atoms with van der Waals surface area (Å²) in [5, 5.41) is 3.65. The second-order valence-electron chi connectivity index (χ2n) is 5.39. The maximum Gasteiger partial charge on any atom is 0.217 e. The molecule has 1 saturated carbocycles. The van der Waals surface area contributed by atoms with Crippen LogP contribution in [0.15, 0.2) is 18.3 Å². The first-order chi connectivity index (χ1) is 9.36. The molecule has 1 fully saturated rings. The Morgan fingerprint density at radius 2 is 2.05 bits per heavy atom. The van der Waals surface area contributed by atoms with Crippen LogP contribution in [-0.2, 0) is 0 Å². The Bertz CT molecular complexity index is 373. The summed E-state index contributed by atoms with van der Waals surface area (Å²) in [7, 11) is 1.71. The van der Waals surface area contributed by atoms with E-state index in [1.165, 1.54) is 44.1 Å². The monoisotopic (exact) mass is 262 g/mol. The molecule has 0 saturated heterocycles. The highest BCUT2D eigenvalue weighted by atomic mass is 16.5. The van der Waals surface area contributed by atoms with Crippen LogP contribution in [0.1, 0.15) is 57.1 Å². The molecule has 3 nitrogen and oxygen atoms in total. The zero-order valence-electron chi connectivity index (χ0n) is 12.2. The standard InChI is InChI=1S/C16H26N2O/c1-3-17-15(13-9-6-4-5-7-10-13)14-11-8-12-18-16(14)19-2/h8,11-13,15,17H,3-7,9-10H2,1-2H3. The number of pyridine rings is 1. The normalized spacial score (nSPS) is 18.8. The van der Waals surface area contributed by atoms with Gasteiger partial charge in [-0.25, -0.2) is 4.98 Å². The van der Waals surface area contributed by atoms with E-state index >= 15 is 0 Å². The van der Waals surface area contributed by atoms with Crippen molar-refractivity contribution in [3.63, 3.8) is 0 Å².